The number of esters is 1. The van der Waals surface area contributed by atoms with Crippen molar-refractivity contribution in [2.45, 2.75) is 25.9 Å². The summed E-state index contributed by atoms with van der Waals surface area (Å²) in [7, 11) is 0. The van der Waals surface area contributed by atoms with Crippen LogP contribution in [0.1, 0.15) is 30.4 Å². The Hall–Kier alpha value is -2.55. The molecule has 3 rings (SSSR count). The van der Waals surface area contributed by atoms with E-state index >= 15 is 0 Å². The summed E-state index contributed by atoms with van der Waals surface area (Å²) in [6.45, 7) is 2.30. The Kier molecular flexibility index (Phi) is 4.24. The molecule has 0 saturated heterocycles. The first-order valence-electron chi connectivity index (χ1n) is 7.56. The highest BCUT2D eigenvalue weighted by molar-refractivity contribution is 5.83. The Labute approximate surface area is 129 Å². The van der Waals surface area contributed by atoms with E-state index in [1.165, 1.54) is 0 Å². The van der Waals surface area contributed by atoms with Crippen molar-refractivity contribution >= 4 is 16.9 Å². The van der Waals surface area contributed by atoms with Gasteiger partial charge in [-0.3, -0.25) is 4.79 Å². The van der Waals surface area contributed by atoms with Gasteiger partial charge in [0, 0.05) is 22.7 Å². The molecule has 1 atom stereocenters. The van der Waals surface area contributed by atoms with Crippen molar-refractivity contribution in [1.29, 1.82) is 0 Å². The summed E-state index contributed by atoms with van der Waals surface area (Å²) in [5.74, 6) is -0.370. The molecule has 3 aromatic rings. The van der Waals surface area contributed by atoms with Crippen LogP contribution in [0.25, 0.3) is 10.9 Å². The highest BCUT2D eigenvalue weighted by Gasteiger charge is 2.20. The van der Waals surface area contributed by atoms with E-state index in [2.05, 4.69) is 4.98 Å². The smallest absolute Gasteiger partial charge is 0.313 e. The Bertz CT molecular complexity index is 761. The number of hydrogen-bond donors (Lipinski definition) is 1. The van der Waals surface area contributed by atoms with Crippen LogP contribution in [-0.4, -0.2) is 11.0 Å². The van der Waals surface area contributed by atoms with Crippen molar-refractivity contribution in [3.8, 4) is 0 Å². The third kappa shape index (κ3) is 2.89. The molecule has 1 heterocycles. The first-order valence-corrected chi connectivity index (χ1v) is 7.56. The molecular formula is C19H19NO2. The molecule has 1 aromatic heterocycles. The molecule has 0 aliphatic heterocycles. The molecule has 0 fully saturated rings. The average molecular weight is 293 g/mol. The number of para-hydroxylation sites is 1. The summed E-state index contributed by atoms with van der Waals surface area (Å²) in [6.07, 6.45) is 2.64. The van der Waals surface area contributed by atoms with Crippen LogP contribution in [0.4, 0.5) is 0 Å². The van der Waals surface area contributed by atoms with Crippen LogP contribution in [0, 0.1) is 0 Å². The van der Waals surface area contributed by atoms with Crippen molar-refractivity contribution < 1.29 is 9.53 Å². The monoisotopic (exact) mass is 293 g/mol. The second-order valence-corrected chi connectivity index (χ2v) is 5.34. The average Bonchev–Trinajstić information content (AvgIpc) is 2.98. The van der Waals surface area contributed by atoms with Crippen LogP contribution >= 0.6 is 0 Å². The van der Waals surface area contributed by atoms with E-state index in [1.807, 2.05) is 67.7 Å². The zero-order valence-electron chi connectivity index (χ0n) is 12.6. The van der Waals surface area contributed by atoms with Crippen LogP contribution in [0.5, 0.6) is 0 Å². The van der Waals surface area contributed by atoms with Crippen LogP contribution in [-0.2, 0) is 16.1 Å². The number of carbonyl (C=O) groups excluding carboxylic acids is 1. The van der Waals surface area contributed by atoms with Gasteiger partial charge in [0.1, 0.15) is 6.61 Å². The van der Waals surface area contributed by atoms with Gasteiger partial charge in [-0.1, -0.05) is 55.5 Å². The SMILES string of the molecule is CCC(C(=O)OCc1c[nH]c2ccccc12)c1ccccc1. The molecule has 2 aromatic carbocycles. The van der Waals surface area contributed by atoms with Gasteiger partial charge in [-0.25, -0.2) is 0 Å². The van der Waals surface area contributed by atoms with Crippen molar-refractivity contribution in [1.82, 2.24) is 4.98 Å². The largest absolute Gasteiger partial charge is 0.460 e. The summed E-state index contributed by atoms with van der Waals surface area (Å²) in [4.78, 5) is 15.6. The maximum atomic E-state index is 12.4. The van der Waals surface area contributed by atoms with Gasteiger partial charge in [-0.15, -0.1) is 0 Å². The van der Waals surface area contributed by atoms with Gasteiger partial charge < -0.3 is 9.72 Å². The molecular weight excluding hydrogens is 274 g/mol. The number of aromatic nitrogens is 1. The lowest BCUT2D eigenvalue weighted by atomic mass is 9.97. The first-order chi connectivity index (χ1) is 10.8. The van der Waals surface area contributed by atoms with E-state index in [4.69, 9.17) is 4.74 Å². The van der Waals surface area contributed by atoms with Crippen LogP contribution in [0.3, 0.4) is 0 Å². The lowest BCUT2D eigenvalue weighted by Crippen LogP contribution is -2.15. The zero-order valence-corrected chi connectivity index (χ0v) is 12.6. The minimum atomic E-state index is -0.202. The maximum absolute atomic E-state index is 12.4. The molecule has 112 valence electrons. The van der Waals surface area contributed by atoms with Crippen LogP contribution in [0.2, 0.25) is 0 Å². The molecule has 0 amide bonds. The number of benzene rings is 2. The van der Waals surface area contributed by atoms with E-state index in [9.17, 15) is 4.79 Å². The number of H-pyrrole nitrogens is 1. The Morgan fingerprint density at radius 1 is 1.09 bits per heavy atom. The van der Waals surface area contributed by atoms with Gasteiger partial charge >= 0.3 is 5.97 Å². The highest BCUT2D eigenvalue weighted by Crippen LogP contribution is 2.23. The molecule has 0 aliphatic carbocycles. The minimum absolute atomic E-state index is 0.168. The molecule has 3 nitrogen and oxygen atoms in total. The third-order valence-electron chi connectivity index (χ3n) is 3.94. The summed E-state index contributed by atoms with van der Waals surface area (Å²) < 4.78 is 5.54. The van der Waals surface area contributed by atoms with E-state index in [0.29, 0.717) is 6.61 Å². The molecule has 0 saturated carbocycles. The quantitative estimate of drug-likeness (QED) is 0.708. The topological polar surface area (TPSA) is 42.1 Å². The Balaban J connectivity index is 1.71. The standard InChI is InChI=1S/C19H19NO2/c1-2-16(14-8-4-3-5-9-14)19(21)22-13-15-12-20-18-11-7-6-10-17(15)18/h3-12,16,20H,2,13H2,1H3. The van der Waals surface area contributed by atoms with Crippen molar-refractivity contribution in [3.63, 3.8) is 0 Å². The lowest BCUT2D eigenvalue weighted by Gasteiger charge is -2.14. The fourth-order valence-corrected chi connectivity index (χ4v) is 2.72. The maximum Gasteiger partial charge on any atom is 0.313 e. The van der Waals surface area contributed by atoms with Gasteiger partial charge in [0.25, 0.3) is 0 Å². The summed E-state index contributed by atoms with van der Waals surface area (Å²) in [5, 5.41) is 1.10. The number of carbonyl (C=O) groups is 1. The number of hydrogen-bond acceptors (Lipinski definition) is 2. The van der Waals surface area contributed by atoms with E-state index < -0.39 is 0 Å². The number of fused-ring (bicyclic) bond motifs is 1. The third-order valence-corrected chi connectivity index (χ3v) is 3.94. The second-order valence-electron chi connectivity index (χ2n) is 5.34. The summed E-state index contributed by atoms with van der Waals surface area (Å²) >= 11 is 0. The molecule has 0 bridgehead atoms. The fourth-order valence-electron chi connectivity index (χ4n) is 2.72. The second kappa shape index (κ2) is 6.48. The van der Waals surface area contributed by atoms with Crippen molar-refractivity contribution in [2.75, 3.05) is 0 Å². The van der Waals surface area contributed by atoms with E-state index in [1.54, 1.807) is 0 Å². The molecule has 1 unspecified atom stereocenters. The van der Waals surface area contributed by atoms with Gasteiger partial charge in [-0.2, -0.15) is 0 Å². The molecule has 1 N–H and O–H groups in total. The van der Waals surface area contributed by atoms with Crippen LogP contribution < -0.4 is 0 Å². The Morgan fingerprint density at radius 3 is 2.59 bits per heavy atom. The molecule has 22 heavy (non-hydrogen) atoms. The zero-order chi connectivity index (χ0) is 15.4. The van der Waals surface area contributed by atoms with Gasteiger partial charge in [0.15, 0.2) is 0 Å². The van der Waals surface area contributed by atoms with Crippen molar-refractivity contribution in [2.24, 2.45) is 0 Å². The van der Waals surface area contributed by atoms with Crippen LogP contribution in [0.15, 0.2) is 60.8 Å². The number of rotatable bonds is 5. The molecule has 0 spiro atoms. The van der Waals surface area contributed by atoms with Gasteiger partial charge in [0.05, 0.1) is 5.92 Å². The summed E-state index contributed by atoms with van der Waals surface area (Å²) in [6, 6.07) is 17.8. The van der Waals surface area contributed by atoms with Crippen molar-refractivity contribution in [3.05, 3.63) is 71.9 Å². The van der Waals surface area contributed by atoms with E-state index in [-0.39, 0.29) is 11.9 Å². The molecule has 0 aliphatic rings. The normalized spacial score (nSPS) is 12.2. The number of nitrogens with one attached hydrogen (secondary N) is 1. The summed E-state index contributed by atoms with van der Waals surface area (Å²) in [5.41, 5.74) is 3.07. The van der Waals surface area contributed by atoms with Gasteiger partial charge in [-0.05, 0) is 18.1 Å². The lowest BCUT2D eigenvalue weighted by molar-refractivity contribution is -0.146. The molecule has 3 heteroatoms. The number of ether oxygens (including phenoxy) is 1. The van der Waals surface area contributed by atoms with Gasteiger partial charge in [0.2, 0.25) is 0 Å². The molecule has 0 radical (unpaired) electrons. The predicted molar refractivity (Wildman–Crippen MR) is 87.6 cm³/mol. The van der Waals surface area contributed by atoms with E-state index in [0.717, 1.165) is 28.5 Å². The Morgan fingerprint density at radius 2 is 1.82 bits per heavy atom. The fraction of sp³-hybridized carbons (Fsp3) is 0.211. The highest BCUT2D eigenvalue weighted by atomic mass is 16.5. The minimum Gasteiger partial charge on any atom is -0.460 e. The predicted octanol–water partition coefficient (Wildman–Crippen LogP) is 4.40. The number of aromatic amines is 1. The first kappa shape index (κ1) is 14.4.